The number of aromatic nitrogens is 2. The van der Waals surface area contributed by atoms with Gasteiger partial charge in [0.05, 0.1) is 17.7 Å². The van der Waals surface area contributed by atoms with Gasteiger partial charge in [-0.15, -0.1) is 0 Å². The summed E-state index contributed by atoms with van der Waals surface area (Å²) >= 11 is 0. The Hall–Kier alpha value is -1.91. The predicted molar refractivity (Wildman–Crippen MR) is 103 cm³/mol. The molecule has 0 amide bonds. The minimum atomic E-state index is 0.308. The number of benzene rings is 1. The lowest BCUT2D eigenvalue weighted by Crippen LogP contribution is -2.38. The van der Waals surface area contributed by atoms with E-state index in [-0.39, 0.29) is 0 Å². The van der Waals surface area contributed by atoms with E-state index in [1.807, 2.05) is 12.4 Å². The Kier molecular flexibility index (Phi) is 6.05. The van der Waals surface area contributed by atoms with E-state index in [9.17, 15) is 5.11 Å². The predicted octanol–water partition coefficient (Wildman–Crippen LogP) is 3.68. The van der Waals surface area contributed by atoms with Crippen molar-refractivity contribution in [3.05, 3.63) is 48.4 Å². The van der Waals surface area contributed by atoms with Crippen molar-refractivity contribution in [2.75, 3.05) is 26.2 Å². The van der Waals surface area contributed by atoms with Crippen LogP contribution in [0.2, 0.25) is 0 Å². The maximum absolute atomic E-state index is 9.42. The molecule has 2 heterocycles. The summed E-state index contributed by atoms with van der Waals surface area (Å²) in [5.74, 6) is 0.438. The average Bonchev–Trinajstić information content (AvgIpc) is 3.10. The lowest BCUT2D eigenvalue weighted by molar-refractivity contribution is 0.118. The summed E-state index contributed by atoms with van der Waals surface area (Å²) in [6, 6.07) is 10.4. The van der Waals surface area contributed by atoms with E-state index in [1.54, 1.807) is 0 Å². The van der Waals surface area contributed by atoms with Crippen LogP contribution in [0.3, 0.4) is 0 Å². The van der Waals surface area contributed by atoms with E-state index < -0.39 is 0 Å². The number of hydrogen-bond acceptors (Lipinski definition) is 3. The number of piperidine rings is 1. The molecule has 1 aromatic carbocycles. The van der Waals surface area contributed by atoms with Gasteiger partial charge >= 0.3 is 0 Å². The molecule has 1 aliphatic rings. The summed E-state index contributed by atoms with van der Waals surface area (Å²) < 4.78 is 2.28. The van der Waals surface area contributed by atoms with Gasteiger partial charge in [0, 0.05) is 31.8 Å². The first-order chi connectivity index (χ1) is 12.2. The molecule has 1 N–H and O–H groups in total. The highest BCUT2D eigenvalue weighted by atomic mass is 16.3. The van der Waals surface area contributed by atoms with Gasteiger partial charge < -0.3 is 14.6 Å². The summed E-state index contributed by atoms with van der Waals surface area (Å²) in [4.78, 5) is 7.19. The summed E-state index contributed by atoms with van der Waals surface area (Å²) in [7, 11) is 0. The topological polar surface area (TPSA) is 41.3 Å². The smallest absolute Gasteiger partial charge is 0.0959 e. The Bertz CT molecular complexity index is 705. The number of imidazole rings is 1. The van der Waals surface area contributed by atoms with Crippen LogP contribution in [0.25, 0.3) is 16.8 Å². The van der Waals surface area contributed by atoms with E-state index in [1.165, 1.54) is 17.7 Å². The maximum Gasteiger partial charge on any atom is 0.0959 e. The van der Waals surface area contributed by atoms with Gasteiger partial charge in [-0.2, -0.15) is 0 Å². The first-order valence-electron chi connectivity index (χ1n) is 9.30. The van der Waals surface area contributed by atoms with Gasteiger partial charge in [-0.25, -0.2) is 4.98 Å². The fraction of sp³-hybridized carbons (Fsp3) is 0.476. The molecule has 1 aliphatic heterocycles. The SMILES string of the molecule is C/C=C(\C)c1c(-c2ccccc2)ncn1CCN1CCC[C@@H](CO)C1. The van der Waals surface area contributed by atoms with Crippen LogP contribution in [-0.4, -0.2) is 45.8 Å². The lowest BCUT2D eigenvalue weighted by Gasteiger charge is -2.31. The van der Waals surface area contributed by atoms with Crippen molar-refractivity contribution in [1.82, 2.24) is 14.5 Å². The largest absolute Gasteiger partial charge is 0.396 e. The molecule has 0 bridgehead atoms. The lowest BCUT2D eigenvalue weighted by atomic mass is 9.99. The van der Waals surface area contributed by atoms with Crippen LogP contribution < -0.4 is 0 Å². The highest BCUT2D eigenvalue weighted by molar-refractivity contribution is 5.76. The Labute approximate surface area is 150 Å². The van der Waals surface area contributed by atoms with Gasteiger partial charge in [0.25, 0.3) is 0 Å². The number of likely N-dealkylation sites (tertiary alicyclic amines) is 1. The number of allylic oxidation sites excluding steroid dienone is 2. The molecule has 1 atom stereocenters. The first kappa shape index (κ1) is 17.9. The molecule has 0 spiro atoms. The summed E-state index contributed by atoms with van der Waals surface area (Å²) in [6.07, 6.45) is 6.46. The molecule has 25 heavy (non-hydrogen) atoms. The van der Waals surface area contributed by atoms with Crippen molar-refractivity contribution in [1.29, 1.82) is 0 Å². The second kappa shape index (κ2) is 8.45. The fourth-order valence-electron chi connectivity index (χ4n) is 3.66. The van der Waals surface area contributed by atoms with Crippen LogP contribution in [0.5, 0.6) is 0 Å². The molecule has 3 rings (SSSR count). The zero-order valence-electron chi connectivity index (χ0n) is 15.4. The van der Waals surface area contributed by atoms with E-state index in [2.05, 4.69) is 53.7 Å². The molecule has 1 fully saturated rings. The zero-order chi connectivity index (χ0) is 17.6. The highest BCUT2D eigenvalue weighted by Gasteiger charge is 2.20. The molecule has 0 saturated carbocycles. The molecule has 4 heteroatoms. The Morgan fingerprint density at radius 3 is 2.80 bits per heavy atom. The fourth-order valence-corrected chi connectivity index (χ4v) is 3.66. The second-order valence-electron chi connectivity index (χ2n) is 6.96. The third-order valence-electron chi connectivity index (χ3n) is 5.21. The van der Waals surface area contributed by atoms with Crippen molar-refractivity contribution < 1.29 is 5.11 Å². The van der Waals surface area contributed by atoms with Crippen molar-refractivity contribution in [3.8, 4) is 11.3 Å². The number of nitrogens with zero attached hydrogens (tertiary/aromatic N) is 3. The third-order valence-corrected chi connectivity index (χ3v) is 5.21. The molecule has 0 radical (unpaired) electrons. The van der Waals surface area contributed by atoms with Gasteiger partial charge in [-0.3, -0.25) is 0 Å². The molecule has 2 aromatic rings. The van der Waals surface area contributed by atoms with Crippen LogP contribution in [-0.2, 0) is 6.54 Å². The average molecular weight is 339 g/mol. The molecule has 1 aromatic heterocycles. The zero-order valence-corrected chi connectivity index (χ0v) is 15.4. The van der Waals surface area contributed by atoms with Crippen LogP contribution in [0.1, 0.15) is 32.4 Å². The van der Waals surface area contributed by atoms with E-state index in [4.69, 9.17) is 4.98 Å². The van der Waals surface area contributed by atoms with Gasteiger partial charge in [0.2, 0.25) is 0 Å². The molecule has 1 saturated heterocycles. The maximum atomic E-state index is 9.42. The van der Waals surface area contributed by atoms with Gasteiger partial charge in [0.15, 0.2) is 0 Å². The van der Waals surface area contributed by atoms with Crippen molar-refractivity contribution in [2.24, 2.45) is 5.92 Å². The van der Waals surface area contributed by atoms with Gasteiger partial charge in [-0.05, 0) is 44.7 Å². The van der Waals surface area contributed by atoms with Crippen LogP contribution >= 0.6 is 0 Å². The molecule has 0 unspecified atom stereocenters. The van der Waals surface area contributed by atoms with E-state index in [0.29, 0.717) is 12.5 Å². The number of rotatable bonds is 6. The van der Waals surface area contributed by atoms with Crippen molar-refractivity contribution >= 4 is 5.57 Å². The summed E-state index contributed by atoms with van der Waals surface area (Å²) in [5.41, 5.74) is 4.69. The van der Waals surface area contributed by atoms with Crippen LogP contribution in [0.15, 0.2) is 42.7 Å². The number of aliphatic hydroxyl groups excluding tert-OH is 1. The van der Waals surface area contributed by atoms with Crippen LogP contribution in [0, 0.1) is 5.92 Å². The second-order valence-corrected chi connectivity index (χ2v) is 6.96. The monoisotopic (exact) mass is 339 g/mol. The molecule has 0 aliphatic carbocycles. The van der Waals surface area contributed by atoms with Crippen molar-refractivity contribution in [2.45, 2.75) is 33.2 Å². The van der Waals surface area contributed by atoms with E-state index in [0.717, 1.165) is 43.9 Å². The molecular formula is C21H29N3O. The molecule has 134 valence electrons. The van der Waals surface area contributed by atoms with E-state index >= 15 is 0 Å². The first-order valence-corrected chi connectivity index (χ1v) is 9.30. The minimum Gasteiger partial charge on any atom is -0.396 e. The van der Waals surface area contributed by atoms with Gasteiger partial charge in [-0.1, -0.05) is 36.4 Å². The third kappa shape index (κ3) is 4.20. The number of aliphatic hydroxyl groups is 1. The standard InChI is InChI=1S/C21H29N3O/c1-3-17(2)21-20(19-9-5-4-6-10-19)22-16-24(21)13-12-23-11-7-8-18(14-23)15-25/h3-6,9-10,16,18,25H,7-8,11-15H2,1-2H3/b17-3+/t18-/m1/s1. The quantitative estimate of drug-likeness (QED) is 0.873. The summed E-state index contributed by atoms with van der Waals surface area (Å²) in [5, 5.41) is 9.42. The highest BCUT2D eigenvalue weighted by Crippen LogP contribution is 2.28. The minimum absolute atomic E-state index is 0.308. The van der Waals surface area contributed by atoms with Crippen molar-refractivity contribution in [3.63, 3.8) is 0 Å². The number of hydrogen-bond donors (Lipinski definition) is 1. The molecular weight excluding hydrogens is 310 g/mol. The normalized spacial score (nSPS) is 19.3. The Morgan fingerprint density at radius 1 is 1.28 bits per heavy atom. The van der Waals surface area contributed by atoms with Gasteiger partial charge in [0.1, 0.15) is 0 Å². The molecule has 4 nitrogen and oxygen atoms in total. The Morgan fingerprint density at radius 2 is 2.08 bits per heavy atom. The van der Waals surface area contributed by atoms with Crippen LogP contribution in [0.4, 0.5) is 0 Å². The Balaban J connectivity index is 1.78. The summed E-state index contributed by atoms with van der Waals surface area (Å²) in [6.45, 7) is 8.62.